The van der Waals surface area contributed by atoms with Gasteiger partial charge in [-0.25, -0.2) is 4.98 Å². The minimum atomic E-state index is 0.548. The zero-order valence-electron chi connectivity index (χ0n) is 12.3. The van der Waals surface area contributed by atoms with Crippen LogP contribution in [-0.2, 0) is 6.54 Å². The topological polar surface area (TPSA) is 67.6 Å². The maximum absolute atomic E-state index is 9.28. The molecule has 1 aromatic heterocycles. The fraction of sp³-hybridized carbons (Fsp3) is 0.412. The largest absolute Gasteiger partial charge is 0.383 e. The molecule has 0 bridgehead atoms. The Bertz CT molecular complexity index is 689. The highest BCUT2D eigenvalue weighted by Gasteiger charge is 2.31. The van der Waals surface area contributed by atoms with Gasteiger partial charge in [0.25, 0.3) is 0 Å². The van der Waals surface area contributed by atoms with Crippen LogP contribution in [-0.4, -0.2) is 9.55 Å². The van der Waals surface area contributed by atoms with E-state index in [4.69, 9.17) is 10.7 Å². The van der Waals surface area contributed by atoms with E-state index in [0.717, 1.165) is 36.5 Å². The average molecular weight is 280 g/mol. The lowest BCUT2D eigenvalue weighted by atomic mass is 10.1. The maximum Gasteiger partial charge on any atom is 0.131 e. The van der Waals surface area contributed by atoms with Gasteiger partial charge in [0.05, 0.1) is 11.6 Å². The van der Waals surface area contributed by atoms with E-state index >= 15 is 0 Å². The van der Waals surface area contributed by atoms with Crippen molar-refractivity contribution in [1.82, 2.24) is 9.55 Å². The van der Waals surface area contributed by atoms with Gasteiger partial charge in [0.1, 0.15) is 17.3 Å². The Kier molecular flexibility index (Phi) is 3.66. The summed E-state index contributed by atoms with van der Waals surface area (Å²) in [4.78, 5) is 4.79. The smallest absolute Gasteiger partial charge is 0.131 e. The summed E-state index contributed by atoms with van der Waals surface area (Å²) < 4.78 is 2.16. The SMILES string of the molecule is CCCCn1c(C2CC2)nc(-c2ccccc2C#N)c1N. The minimum absolute atomic E-state index is 0.548. The van der Waals surface area contributed by atoms with E-state index in [9.17, 15) is 5.26 Å². The lowest BCUT2D eigenvalue weighted by Crippen LogP contribution is -2.06. The summed E-state index contributed by atoms with van der Waals surface area (Å²) in [7, 11) is 0. The number of nitrogens with zero attached hydrogens (tertiary/aromatic N) is 3. The molecule has 4 nitrogen and oxygen atoms in total. The van der Waals surface area contributed by atoms with Crippen LogP contribution in [0, 0.1) is 11.3 Å². The quantitative estimate of drug-likeness (QED) is 0.908. The third-order valence-corrected chi connectivity index (χ3v) is 4.02. The van der Waals surface area contributed by atoms with Gasteiger partial charge in [-0.3, -0.25) is 0 Å². The molecule has 2 N–H and O–H groups in total. The van der Waals surface area contributed by atoms with Crippen molar-refractivity contribution in [3.63, 3.8) is 0 Å². The Morgan fingerprint density at radius 3 is 2.81 bits per heavy atom. The molecule has 1 fully saturated rings. The lowest BCUT2D eigenvalue weighted by Gasteiger charge is -2.08. The highest BCUT2D eigenvalue weighted by atomic mass is 15.1. The number of hydrogen-bond acceptors (Lipinski definition) is 3. The normalized spacial score (nSPS) is 14.1. The maximum atomic E-state index is 9.28. The summed E-state index contributed by atoms with van der Waals surface area (Å²) in [5, 5.41) is 9.28. The molecule has 0 amide bonds. The van der Waals surface area contributed by atoms with Gasteiger partial charge >= 0.3 is 0 Å². The summed E-state index contributed by atoms with van der Waals surface area (Å²) in [5.41, 5.74) is 8.60. The van der Waals surface area contributed by atoms with Crippen molar-refractivity contribution in [3.8, 4) is 17.3 Å². The second kappa shape index (κ2) is 5.61. The van der Waals surface area contributed by atoms with Crippen molar-refractivity contribution < 1.29 is 0 Å². The van der Waals surface area contributed by atoms with E-state index in [1.165, 1.54) is 12.8 Å². The molecule has 0 radical (unpaired) electrons. The van der Waals surface area contributed by atoms with Crippen LogP contribution < -0.4 is 5.73 Å². The summed E-state index contributed by atoms with van der Waals surface area (Å²) in [6.07, 6.45) is 4.62. The van der Waals surface area contributed by atoms with Crippen LogP contribution in [0.3, 0.4) is 0 Å². The van der Waals surface area contributed by atoms with Crippen LogP contribution in [0.1, 0.15) is 49.9 Å². The first kappa shape index (κ1) is 13.7. The number of nitrogen functional groups attached to an aromatic ring is 1. The molecule has 1 saturated carbocycles. The molecule has 0 saturated heterocycles. The highest BCUT2D eigenvalue weighted by molar-refractivity contribution is 5.76. The van der Waals surface area contributed by atoms with E-state index < -0.39 is 0 Å². The number of aromatic nitrogens is 2. The Morgan fingerprint density at radius 1 is 1.38 bits per heavy atom. The number of nitriles is 1. The molecule has 3 rings (SSSR count). The van der Waals surface area contributed by atoms with Crippen LogP contribution in [0.5, 0.6) is 0 Å². The van der Waals surface area contributed by atoms with Crippen molar-refractivity contribution >= 4 is 5.82 Å². The van der Waals surface area contributed by atoms with E-state index in [2.05, 4.69) is 17.6 Å². The van der Waals surface area contributed by atoms with Crippen LogP contribution in [0.25, 0.3) is 11.3 Å². The molecule has 0 spiro atoms. The minimum Gasteiger partial charge on any atom is -0.383 e. The average Bonchev–Trinajstić information content (AvgIpc) is 3.30. The second-order valence-corrected chi connectivity index (χ2v) is 5.64. The molecule has 0 atom stereocenters. The summed E-state index contributed by atoms with van der Waals surface area (Å²) in [5.74, 6) is 2.35. The van der Waals surface area contributed by atoms with Crippen LogP contribution >= 0.6 is 0 Å². The number of imidazole rings is 1. The van der Waals surface area contributed by atoms with Crippen molar-refractivity contribution in [2.75, 3.05) is 5.73 Å². The number of benzene rings is 1. The third-order valence-electron chi connectivity index (χ3n) is 4.02. The predicted molar refractivity (Wildman–Crippen MR) is 83.7 cm³/mol. The van der Waals surface area contributed by atoms with Crippen molar-refractivity contribution in [1.29, 1.82) is 5.26 Å². The molecule has 108 valence electrons. The molecule has 4 heteroatoms. The molecule has 21 heavy (non-hydrogen) atoms. The molecule has 1 aliphatic rings. The van der Waals surface area contributed by atoms with E-state index in [1.54, 1.807) is 0 Å². The van der Waals surface area contributed by atoms with Crippen LogP contribution in [0.4, 0.5) is 5.82 Å². The first-order chi connectivity index (χ1) is 10.3. The van der Waals surface area contributed by atoms with E-state index in [1.807, 2.05) is 24.3 Å². The number of nitrogens with two attached hydrogens (primary N) is 1. The Balaban J connectivity index is 2.09. The molecule has 1 heterocycles. The van der Waals surface area contributed by atoms with E-state index in [0.29, 0.717) is 17.3 Å². The summed E-state index contributed by atoms with van der Waals surface area (Å²) in [6, 6.07) is 9.78. The number of unbranched alkanes of at least 4 members (excludes halogenated alkanes) is 1. The van der Waals surface area contributed by atoms with Gasteiger partial charge in [0, 0.05) is 18.0 Å². The Labute approximate surface area is 125 Å². The predicted octanol–water partition coefficient (Wildman–Crippen LogP) is 3.68. The summed E-state index contributed by atoms with van der Waals surface area (Å²) in [6.45, 7) is 3.09. The Hall–Kier alpha value is -2.28. The standard InChI is InChI=1S/C17H20N4/c1-2-3-10-21-16(19)15(20-17(21)12-8-9-12)14-7-5-4-6-13(14)11-18/h4-7,12H,2-3,8-10,19H2,1H3. The molecule has 0 aliphatic heterocycles. The Morgan fingerprint density at radius 2 is 2.14 bits per heavy atom. The van der Waals surface area contributed by atoms with Gasteiger partial charge in [0.2, 0.25) is 0 Å². The van der Waals surface area contributed by atoms with Gasteiger partial charge in [-0.2, -0.15) is 5.26 Å². The first-order valence-corrected chi connectivity index (χ1v) is 7.61. The zero-order chi connectivity index (χ0) is 14.8. The highest BCUT2D eigenvalue weighted by Crippen LogP contribution is 2.42. The van der Waals surface area contributed by atoms with Gasteiger partial charge in [0.15, 0.2) is 0 Å². The molecular weight excluding hydrogens is 260 g/mol. The van der Waals surface area contributed by atoms with Crippen LogP contribution in [0.15, 0.2) is 24.3 Å². The number of rotatable bonds is 5. The molecule has 1 aliphatic carbocycles. The fourth-order valence-electron chi connectivity index (χ4n) is 2.67. The van der Waals surface area contributed by atoms with Crippen LogP contribution in [0.2, 0.25) is 0 Å². The van der Waals surface area contributed by atoms with E-state index in [-0.39, 0.29) is 0 Å². The van der Waals surface area contributed by atoms with Crippen molar-refractivity contribution in [2.45, 2.75) is 45.1 Å². The van der Waals surface area contributed by atoms with Gasteiger partial charge in [-0.15, -0.1) is 0 Å². The first-order valence-electron chi connectivity index (χ1n) is 7.61. The van der Waals surface area contributed by atoms with Crippen molar-refractivity contribution in [2.24, 2.45) is 0 Å². The molecular formula is C17H20N4. The lowest BCUT2D eigenvalue weighted by molar-refractivity contribution is 0.609. The molecule has 0 unspecified atom stereocenters. The third kappa shape index (κ3) is 2.52. The molecule has 2 aromatic rings. The van der Waals surface area contributed by atoms with Gasteiger partial charge in [-0.05, 0) is 25.3 Å². The van der Waals surface area contributed by atoms with Gasteiger partial charge < -0.3 is 10.3 Å². The second-order valence-electron chi connectivity index (χ2n) is 5.64. The fourth-order valence-corrected chi connectivity index (χ4v) is 2.67. The number of hydrogen-bond donors (Lipinski definition) is 1. The monoisotopic (exact) mass is 280 g/mol. The zero-order valence-corrected chi connectivity index (χ0v) is 12.3. The van der Waals surface area contributed by atoms with Gasteiger partial charge in [-0.1, -0.05) is 31.5 Å². The van der Waals surface area contributed by atoms with Crippen molar-refractivity contribution in [3.05, 3.63) is 35.7 Å². The number of anilines is 1. The molecule has 1 aromatic carbocycles. The summed E-state index contributed by atoms with van der Waals surface area (Å²) >= 11 is 0.